The van der Waals surface area contributed by atoms with Gasteiger partial charge in [0.05, 0.1) is 18.0 Å². The number of carboxylic acids is 1. The molecule has 1 unspecified atom stereocenters. The lowest BCUT2D eigenvalue weighted by molar-refractivity contribution is -0.139. The number of benzene rings is 2. The number of aromatic nitrogens is 1. The number of aliphatic carboxylic acids is 1. The van der Waals surface area contributed by atoms with E-state index in [0.29, 0.717) is 41.2 Å². The summed E-state index contributed by atoms with van der Waals surface area (Å²) in [6.07, 6.45) is -3.92. The summed E-state index contributed by atoms with van der Waals surface area (Å²) < 4.78 is 90.0. The topological polar surface area (TPSA) is 91.6 Å². The van der Waals surface area contributed by atoms with E-state index in [1.807, 2.05) is 0 Å². The van der Waals surface area contributed by atoms with Gasteiger partial charge in [0.1, 0.15) is 23.5 Å². The molecule has 1 aromatic heterocycles. The Morgan fingerprint density at radius 3 is 2.14 bits per heavy atom. The van der Waals surface area contributed by atoms with Crippen LogP contribution in [-0.2, 0) is 35.0 Å². The first kappa shape index (κ1) is 37.7. The summed E-state index contributed by atoms with van der Waals surface area (Å²) in [7, 11) is 3.34. The summed E-state index contributed by atoms with van der Waals surface area (Å²) in [6, 6.07) is -0.337. The van der Waals surface area contributed by atoms with Crippen LogP contribution in [0.15, 0.2) is 29.2 Å². The van der Waals surface area contributed by atoms with E-state index in [1.165, 1.54) is 12.1 Å². The summed E-state index contributed by atoms with van der Waals surface area (Å²) in [5, 5.41) is 12.3. The molecule has 0 saturated heterocycles. The number of amides is 1. The lowest BCUT2D eigenvalue weighted by Gasteiger charge is -2.28. The molecular weight excluding hydrogens is 652 g/mol. The molecule has 0 bridgehead atoms. The number of hydrogen-bond donors (Lipinski definition) is 2. The van der Waals surface area contributed by atoms with Gasteiger partial charge in [0.15, 0.2) is 0 Å². The van der Waals surface area contributed by atoms with Crippen LogP contribution in [0.5, 0.6) is 0 Å². The number of carbonyl (C=O) groups is 2. The largest absolute Gasteiger partial charge is 0.481 e. The number of pyridine rings is 1. The molecule has 1 heterocycles. The molecular formula is C36H41F6N3O4. The number of hydrogen-bond acceptors (Lipinski definition) is 4. The molecule has 0 spiro atoms. The van der Waals surface area contributed by atoms with Gasteiger partial charge in [-0.1, -0.05) is 13.8 Å². The Kier molecular flexibility index (Phi) is 11.4. The molecule has 0 fully saturated rings. The maximum absolute atomic E-state index is 16.8. The van der Waals surface area contributed by atoms with E-state index in [9.17, 15) is 37.1 Å². The molecule has 2 N–H and O–H groups in total. The van der Waals surface area contributed by atoms with E-state index >= 15 is 8.78 Å². The van der Waals surface area contributed by atoms with Gasteiger partial charge < -0.3 is 19.9 Å². The fourth-order valence-corrected chi connectivity index (χ4v) is 6.76. The Balaban J connectivity index is 1.88. The van der Waals surface area contributed by atoms with Crippen LogP contribution in [0.25, 0.3) is 11.1 Å². The third-order valence-electron chi connectivity index (χ3n) is 8.90. The Morgan fingerprint density at radius 1 is 0.980 bits per heavy atom. The maximum atomic E-state index is 16.8. The monoisotopic (exact) mass is 693 g/mol. The number of carboxylic acid groups (broad SMARTS) is 1. The second-order valence-corrected chi connectivity index (χ2v) is 13.5. The molecule has 0 radical (unpaired) electrons. The van der Waals surface area contributed by atoms with Gasteiger partial charge in [-0.2, -0.15) is 13.2 Å². The molecule has 4 rings (SSSR count). The maximum Gasteiger partial charge on any atom is 0.416 e. The van der Waals surface area contributed by atoms with Crippen molar-refractivity contribution in [2.45, 2.75) is 84.5 Å². The zero-order chi connectivity index (χ0) is 36.5. The molecule has 3 aromatic rings. The highest BCUT2D eigenvalue weighted by atomic mass is 19.4. The molecule has 49 heavy (non-hydrogen) atoms. The van der Waals surface area contributed by atoms with Crippen LogP contribution >= 0.6 is 0 Å². The van der Waals surface area contributed by atoms with Crippen molar-refractivity contribution in [2.75, 3.05) is 20.6 Å². The van der Waals surface area contributed by atoms with Gasteiger partial charge >= 0.3 is 12.1 Å². The third-order valence-corrected chi connectivity index (χ3v) is 8.90. The molecule has 1 aliphatic carbocycles. The fraction of sp³-hybridized carbons (Fsp3) is 0.472. The number of nitrogens with one attached hydrogen (secondary N) is 1. The van der Waals surface area contributed by atoms with Crippen molar-refractivity contribution in [3.05, 3.63) is 91.1 Å². The third kappa shape index (κ3) is 8.20. The number of rotatable bonds is 12. The van der Waals surface area contributed by atoms with Crippen molar-refractivity contribution in [3.63, 3.8) is 0 Å². The highest BCUT2D eigenvalue weighted by molar-refractivity contribution is 5.82. The number of fused-ring (bicyclic) bond motifs is 1. The molecule has 2 atom stereocenters. The van der Waals surface area contributed by atoms with E-state index in [-0.39, 0.29) is 48.4 Å². The molecule has 2 aromatic carbocycles. The molecule has 1 amide bonds. The number of halogens is 6. The molecule has 7 nitrogen and oxygen atoms in total. The summed E-state index contributed by atoms with van der Waals surface area (Å²) in [5.74, 6) is -5.41. The highest BCUT2D eigenvalue weighted by Gasteiger charge is 2.37. The Bertz CT molecular complexity index is 1790. The molecule has 0 aliphatic heterocycles. The second kappa shape index (κ2) is 14.8. The Labute approximate surface area is 280 Å². The highest BCUT2D eigenvalue weighted by Crippen LogP contribution is 2.43. The lowest BCUT2D eigenvalue weighted by atomic mass is 9.86. The zero-order valence-electron chi connectivity index (χ0n) is 28.3. The normalized spacial score (nSPS) is 14.3. The van der Waals surface area contributed by atoms with Gasteiger partial charge in [-0.3, -0.25) is 14.4 Å². The van der Waals surface area contributed by atoms with E-state index in [2.05, 4.69) is 5.32 Å². The van der Waals surface area contributed by atoms with Crippen LogP contribution in [0.3, 0.4) is 0 Å². The number of aryl methyl sites for hydroxylation is 2. The molecule has 1 aliphatic rings. The number of carbonyl (C=O) groups excluding carboxylic acids is 1. The molecule has 0 saturated carbocycles. The minimum atomic E-state index is -4.84. The van der Waals surface area contributed by atoms with Crippen LogP contribution < -0.4 is 10.9 Å². The smallest absolute Gasteiger partial charge is 0.416 e. The first-order valence-electron chi connectivity index (χ1n) is 16.1. The Morgan fingerprint density at radius 2 is 1.59 bits per heavy atom. The molecule has 266 valence electrons. The predicted octanol–water partition coefficient (Wildman–Crippen LogP) is 7.08. The Hall–Kier alpha value is -4.13. The number of nitrogens with zero attached hydrogens (tertiary/aromatic N) is 2. The van der Waals surface area contributed by atoms with Crippen molar-refractivity contribution in [1.82, 2.24) is 14.8 Å². The van der Waals surface area contributed by atoms with E-state index < -0.39 is 70.7 Å². The second-order valence-electron chi connectivity index (χ2n) is 13.5. The SMILES string of the molecule is Cc1cc(F)cc(C)c1-c1c(F)c(C(CC(=O)O)NC(=O)[C@@H](CC(C)C)n2cc(CCN(C)C)c(C(F)(F)F)cc2=O)c(F)c2c1CCC2. The average molecular weight is 694 g/mol. The standard InChI is InChI=1S/C36H41F6N3O4/c1-18(2)12-27(45-17-21(10-11-44(5)6)25(15-28(45)46)36(40,41)42)35(49)43-26(16-29(47)48)32-33(38)24-9-7-8-23(24)31(34(32)39)30-19(3)13-22(37)14-20(30)4/h13-15,17-18,26-27H,7-12,16H2,1-6H3,(H,43,49)(H,47,48)/t26?,27-/m1/s1. The van der Waals surface area contributed by atoms with E-state index in [0.717, 1.165) is 10.8 Å². The van der Waals surface area contributed by atoms with Crippen molar-refractivity contribution in [3.8, 4) is 11.1 Å². The van der Waals surface area contributed by atoms with Gasteiger partial charge in [-0.05, 0) is 111 Å². The predicted molar refractivity (Wildman–Crippen MR) is 173 cm³/mol. The quantitative estimate of drug-likeness (QED) is 0.198. The summed E-state index contributed by atoms with van der Waals surface area (Å²) in [4.78, 5) is 41.0. The first-order chi connectivity index (χ1) is 22.8. The van der Waals surface area contributed by atoms with Crippen LogP contribution in [0.4, 0.5) is 26.3 Å². The van der Waals surface area contributed by atoms with Crippen molar-refractivity contribution >= 4 is 11.9 Å². The number of likely N-dealkylation sites (N-methyl/N-ethyl adjacent to an activating group) is 1. The van der Waals surface area contributed by atoms with Gasteiger partial charge in [-0.15, -0.1) is 0 Å². The average Bonchev–Trinajstić information content (AvgIpc) is 3.45. The van der Waals surface area contributed by atoms with E-state index in [4.69, 9.17) is 0 Å². The first-order valence-corrected chi connectivity index (χ1v) is 16.1. The number of alkyl halides is 3. The minimum Gasteiger partial charge on any atom is -0.481 e. The van der Waals surface area contributed by atoms with Gasteiger partial charge in [0.25, 0.3) is 5.56 Å². The zero-order valence-corrected chi connectivity index (χ0v) is 28.3. The summed E-state index contributed by atoms with van der Waals surface area (Å²) in [6.45, 7) is 6.80. The van der Waals surface area contributed by atoms with Crippen molar-refractivity contribution in [1.29, 1.82) is 0 Å². The molecule has 13 heteroatoms. The minimum absolute atomic E-state index is 0.00626. The van der Waals surface area contributed by atoms with Gasteiger partial charge in [-0.25, -0.2) is 13.2 Å². The van der Waals surface area contributed by atoms with Gasteiger partial charge in [0.2, 0.25) is 5.91 Å². The fourth-order valence-electron chi connectivity index (χ4n) is 6.76. The lowest BCUT2D eigenvalue weighted by Crippen LogP contribution is -2.41. The summed E-state index contributed by atoms with van der Waals surface area (Å²) in [5.41, 5.74) is -1.51. The summed E-state index contributed by atoms with van der Waals surface area (Å²) >= 11 is 0. The van der Waals surface area contributed by atoms with Crippen LogP contribution in [0.1, 0.15) is 84.1 Å². The van der Waals surface area contributed by atoms with E-state index in [1.54, 1.807) is 46.7 Å². The van der Waals surface area contributed by atoms with Crippen molar-refractivity contribution < 1.29 is 41.0 Å². The van der Waals surface area contributed by atoms with Crippen LogP contribution in [-0.4, -0.2) is 47.1 Å². The van der Waals surface area contributed by atoms with Crippen molar-refractivity contribution in [2.24, 2.45) is 5.92 Å². The van der Waals surface area contributed by atoms with Gasteiger partial charge in [0, 0.05) is 29.9 Å². The van der Waals surface area contributed by atoms with Crippen LogP contribution in [0.2, 0.25) is 0 Å². The van der Waals surface area contributed by atoms with Crippen LogP contribution in [0, 0.1) is 37.2 Å².